The lowest BCUT2D eigenvalue weighted by atomic mass is 10.2. The fraction of sp³-hybridized carbons (Fsp3) is 0.261. The van der Waals surface area contributed by atoms with Crippen molar-refractivity contribution in [2.24, 2.45) is 0 Å². The molecule has 0 radical (unpaired) electrons. The predicted octanol–water partition coefficient (Wildman–Crippen LogP) is 4.67. The van der Waals surface area contributed by atoms with Gasteiger partial charge in [0.15, 0.2) is 17.0 Å². The molecule has 6 nitrogen and oxygen atoms in total. The van der Waals surface area contributed by atoms with Gasteiger partial charge in [-0.1, -0.05) is 48.5 Å². The van der Waals surface area contributed by atoms with E-state index in [9.17, 15) is 0 Å². The minimum absolute atomic E-state index is 0.198. The summed E-state index contributed by atoms with van der Waals surface area (Å²) in [6.07, 6.45) is 0. The number of rotatable bonds is 6. The van der Waals surface area contributed by atoms with Crippen LogP contribution in [0, 0.1) is 6.92 Å². The van der Waals surface area contributed by atoms with Gasteiger partial charge in [0.2, 0.25) is 0 Å². The summed E-state index contributed by atoms with van der Waals surface area (Å²) < 4.78 is 2.23. The first-order valence-corrected chi connectivity index (χ1v) is 9.81. The molecule has 1 atom stereocenters. The Hall–Kier alpha value is -3.25. The van der Waals surface area contributed by atoms with Crippen LogP contribution in [0.4, 0.5) is 11.5 Å². The number of nitrogens with one attached hydrogen (secondary N) is 1. The number of anilines is 2. The van der Waals surface area contributed by atoms with E-state index in [-0.39, 0.29) is 6.04 Å². The van der Waals surface area contributed by atoms with E-state index in [2.05, 4.69) is 52.9 Å². The standard InChI is InChI=1S/C23H26N6/c1-16(15-28(3)4)29-22(18-11-7-5-8-12-18)27-20-21(24-17(2)25-23(20)29)26-19-13-9-6-10-14-19/h5-14,16H,15H2,1-4H3,(H,24,25,26). The number of para-hydroxylation sites is 1. The number of fused-ring (bicyclic) bond motifs is 1. The highest BCUT2D eigenvalue weighted by Crippen LogP contribution is 2.31. The van der Waals surface area contributed by atoms with Crippen molar-refractivity contribution in [3.8, 4) is 11.4 Å². The summed E-state index contributed by atoms with van der Waals surface area (Å²) >= 11 is 0. The van der Waals surface area contributed by atoms with E-state index >= 15 is 0 Å². The van der Waals surface area contributed by atoms with Crippen LogP contribution in [0.1, 0.15) is 18.8 Å². The van der Waals surface area contributed by atoms with Crippen molar-refractivity contribution in [3.05, 3.63) is 66.5 Å². The van der Waals surface area contributed by atoms with Crippen LogP contribution in [0.15, 0.2) is 60.7 Å². The van der Waals surface area contributed by atoms with Gasteiger partial charge in [0.25, 0.3) is 0 Å². The third-order valence-electron chi connectivity index (χ3n) is 4.79. The Balaban J connectivity index is 1.92. The Morgan fingerprint density at radius 2 is 1.59 bits per heavy atom. The van der Waals surface area contributed by atoms with Crippen LogP contribution in [-0.4, -0.2) is 45.1 Å². The van der Waals surface area contributed by atoms with E-state index in [0.717, 1.165) is 40.6 Å². The summed E-state index contributed by atoms with van der Waals surface area (Å²) in [4.78, 5) is 16.6. The van der Waals surface area contributed by atoms with Gasteiger partial charge in [0, 0.05) is 23.8 Å². The van der Waals surface area contributed by atoms with Crippen molar-refractivity contribution in [1.29, 1.82) is 0 Å². The number of nitrogens with zero attached hydrogens (tertiary/aromatic N) is 5. The minimum Gasteiger partial charge on any atom is -0.338 e. The number of hydrogen-bond acceptors (Lipinski definition) is 5. The highest BCUT2D eigenvalue weighted by atomic mass is 15.2. The molecule has 2 aromatic heterocycles. The topological polar surface area (TPSA) is 58.9 Å². The monoisotopic (exact) mass is 386 g/mol. The average molecular weight is 387 g/mol. The molecule has 0 amide bonds. The SMILES string of the molecule is Cc1nc(Nc2ccccc2)c2nc(-c3ccccc3)n(C(C)CN(C)C)c2n1. The molecule has 0 saturated carbocycles. The maximum atomic E-state index is 5.01. The molecule has 0 spiro atoms. The lowest BCUT2D eigenvalue weighted by Gasteiger charge is -2.21. The predicted molar refractivity (Wildman–Crippen MR) is 118 cm³/mol. The van der Waals surface area contributed by atoms with Gasteiger partial charge in [-0.25, -0.2) is 15.0 Å². The van der Waals surface area contributed by atoms with Crippen LogP contribution >= 0.6 is 0 Å². The highest BCUT2D eigenvalue weighted by molar-refractivity contribution is 5.88. The highest BCUT2D eigenvalue weighted by Gasteiger charge is 2.22. The zero-order valence-electron chi connectivity index (χ0n) is 17.3. The maximum Gasteiger partial charge on any atom is 0.166 e. The molecule has 1 N–H and O–H groups in total. The molecule has 2 heterocycles. The Labute approximate surface area is 171 Å². The van der Waals surface area contributed by atoms with E-state index in [1.165, 1.54) is 0 Å². The second kappa shape index (κ2) is 8.01. The van der Waals surface area contributed by atoms with Crippen molar-refractivity contribution >= 4 is 22.7 Å². The summed E-state index contributed by atoms with van der Waals surface area (Å²) in [7, 11) is 4.17. The van der Waals surface area contributed by atoms with Crippen molar-refractivity contribution in [2.45, 2.75) is 19.9 Å². The molecule has 0 saturated heterocycles. The molecule has 0 aliphatic rings. The quantitative estimate of drug-likeness (QED) is 0.522. The summed E-state index contributed by atoms with van der Waals surface area (Å²) in [6, 6.07) is 20.5. The fourth-order valence-corrected chi connectivity index (χ4v) is 3.65. The maximum absolute atomic E-state index is 5.01. The molecule has 1 unspecified atom stereocenters. The second-order valence-corrected chi connectivity index (χ2v) is 7.57. The molecule has 29 heavy (non-hydrogen) atoms. The molecule has 2 aromatic carbocycles. The van der Waals surface area contributed by atoms with Gasteiger partial charge in [-0.3, -0.25) is 0 Å². The lowest BCUT2D eigenvalue weighted by Crippen LogP contribution is -2.23. The number of likely N-dealkylation sites (N-methyl/N-ethyl adjacent to an activating group) is 1. The third kappa shape index (κ3) is 3.98. The molecular formula is C23H26N6. The summed E-state index contributed by atoms with van der Waals surface area (Å²) in [5.74, 6) is 2.35. The van der Waals surface area contributed by atoms with E-state index in [4.69, 9.17) is 9.97 Å². The number of benzene rings is 2. The largest absolute Gasteiger partial charge is 0.338 e. The zero-order valence-corrected chi connectivity index (χ0v) is 17.3. The number of imidazole rings is 1. The summed E-state index contributed by atoms with van der Waals surface area (Å²) in [5, 5.41) is 3.42. The molecule has 0 aliphatic carbocycles. The number of aromatic nitrogens is 4. The van der Waals surface area contributed by atoms with Crippen molar-refractivity contribution in [2.75, 3.05) is 26.0 Å². The number of aryl methyl sites for hydroxylation is 1. The van der Waals surface area contributed by atoms with Crippen LogP contribution in [0.5, 0.6) is 0 Å². The smallest absolute Gasteiger partial charge is 0.166 e. The van der Waals surface area contributed by atoms with E-state index in [1.54, 1.807) is 0 Å². The van der Waals surface area contributed by atoms with Crippen LogP contribution in [-0.2, 0) is 0 Å². The zero-order chi connectivity index (χ0) is 20.4. The summed E-state index contributed by atoms with van der Waals surface area (Å²) in [5.41, 5.74) is 3.68. The molecule has 148 valence electrons. The first-order chi connectivity index (χ1) is 14.0. The first-order valence-electron chi connectivity index (χ1n) is 9.81. The Kier molecular flexibility index (Phi) is 5.27. The molecular weight excluding hydrogens is 360 g/mol. The van der Waals surface area contributed by atoms with Gasteiger partial charge in [-0.05, 0) is 40.1 Å². The first kappa shape index (κ1) is 19.1. The Bertz CT molecular complexity index is 1100. The molecule has 6 heteroatoms. The van der Waals surface area contributed by atoms with Gasteiger partial charge < -0.3 is 14.8 Å². The van der Waals surface area contributed by atoms with Gasteiger partial charge >= 0.3 is 0 Å². The van der Waals surface area contributed by atoms with E-state index < -0.39 is 0 Å². The van der Waals surface area contributed by atoms with Crippen LogP contribution in [0.2, 0.25) is 0 Å². The summed E-state index contributed by atoms with van der Waals surface area (Å²) in [6.45, 7) is 5.01. The van der Waals surface area contributed by atoms with Crippen molar-refractivity contribution < 1.29 is 0 Å². The lowest BCUT2D eigenvalue weighted by molar-refractivity contribution is 0.341. The molecule has 0 fully saturated rings. The van der Waals surface area contributed by atoms with Crippen molar-refractivity contribution in [3.63, 3.8) is 0 Å². The number of hydrogen-bond donors (Lipinski definition) is 1. The third-order valence-corrected chi connectivity index (χ3v) is 4.79. The Morgan fingerprint density at radius 1 is 0.931 bits per heavy atom. The van der Waals surface area contributed by atoms with Gasteiger partial charge in [0.05, 0.1) is 0 Å². The van der Waals surface area contributed by atoms with Crippen molar-refractivity contribution in [1.82, 2.24) is 24.4 Å². The van der Waals surface area contributed by atoms with Crippen LogP contribution in [0.25, 0.3) is 22.6 Å². The molecule has 0 aliphatic heterocycles. The average Bonchev–Trinajstić information content (AvgIpc) is 3.08. The fourth-order valence-electron chi connectivity index (χ4n) is 3.65. The Morgan fingerprint density at radius 3 is 2.24 bits per heavy atom. The van der Waals surface area contributed by atoms with E-state index in [0.29, 0.717) is 5.82 Å². The van der Waals surface area contributed by atoms with Crippen LogP contribution in [0.3, 0.4) is 0 Å². The van der Waals surface area contributed by atoms with Crippen LogP contribution < -0.4 is 5.32 Å². The molecule has 4 rings (SSSR count). The van der Waals surface area contributed by atoms with E-state index in [1.807, 2.05) is 55.5 Å². The van der Waals surface area contributed by atoms with Gasteiger partial charge in [0.1, 0.15) is 11.6 Å². The van der Waals surface area contributed by atoms with Gasteiger partial charge in [-0.2, -0.15) is 0 Å². The molecule has 0 bridgehead atoms. The minimum atomic E-state index is 0.198. The normalized spacial score (nSPS) is 12.4. The second-order valence-electron chi connectivity index (χ2n) is 7.57. The molecule has 4 aromatic rings. The van der Waals surface area contributed by atoms with Gasteiger partial charge in [-0.15, -0.1) is 0 Å².